The number of anilines is 1. The van der Waals surface area contributed by atoms with Crippen molar-refractivity contribution in [2.75, 3.05) is 4.90 Å². The molecule has 3 fully saturated rings. The molecule has 8 heteroatoms. The fraction of sp³-hybridized carbons (Fsp3) is 0.389. The van der Waals surface area contributed by atoms with Gasteiger partial charge in [0.1, 0.15) is 10.8 Å². The van der Waals surface area contributed by atoms with Gasteiger partial charge < -0.3 is 4.74 Å². The Balaban J connectivity index is 1.44. The van der Waals surface area contributed by atoms with Crippen LogP contribution in [0.4, 0.5) is 10.2 Å². The summed E-state index contributed by atoms with van der Waals surface area (Å²) < 4.78 is 20.3. The number of amides is 2. The third-order valence-corrected chi connectivity index (χ3v) is 5.72. The first-order chi connectivity index (χ1) is 12.5. The van der Waals surface area contributed by atoms with Crippen LogP contribution in [0.1, 0.15) is 18.4 Å². The molecule has 5 rings (SSSR count). The summed E-state index contributed by atoms with van der Waals surface area (Å²) in [5.41, 5.74) is 0.833. The molecule has 1 aromatic carbocycles. The van der Waals surface area contributed by atoms with E-state index in [9.17, 15) is 14.0 Å². The second-order valence-electron chi connectivity index (χ2n) is 6.98. The molecule has 2 aromatic rings. The van der Waals surface area contributed by atoms with Crippen molar-refractivity contribution in [3.63, 3.8) is 0 Å². The van der Waals surface area contributed by atoms with Crippen molar-refractivity contribution in [2.24, 2.45) is 11.8 Å². The third-order valence-electron chi connectivity index (χ3n) is 5.45. The molecule has 6 nitrogen and oxygen atoms in total. The lowest BCUT2D eigenvalue weighted by molar-refractivity contribution is -0.124. The lowest BCUT2D eigenvalue weighted by Crippen LogP contribution is -2.34. The molecule has 0 spiro atoms. The van der Waals surface area contributed by atoms with E-state index in [2.05, 4.69) is 5.10 Å². The van der Waals surface area contributed by atoms with Gasteiger partial charge in [0.05, 0.1) is 30.6 Å². The predicted octanol–water partition coefficient (Wildman–Crippen LogP) is 2.39. The third kappa shape index (κ3) is 2.23. The van der Waals surface area contributed by atoms with E-state index in [1.807, 2.05) is 0 Å². The van der Waals surface area contributed by atoms with Gasteiger partial charge in [-0.25, -0.2) is 9.29 Å². The number of carbonyl (C=O) groups is 2. The van der Waals surface area contributed by atoms with Crippen LogP contribution < -0.4 is 4.90 Å². The van der Waals surface area contributed by atoms with Crippen LogP contribution >= 0.6 is 11.6 Å². The quantitative estimate of drug-likeness (QED) is 0.773. The van der Waals surface area contributed by atoms with Gasteiger partial charge in [0.2, 0.25) is 11.8 Å². The lowest BCUT2D eigenvalue weighted by atomic mass is 9.81. The van der Waals surface area contributed by atoms with Crippen LogP contribution in [0.5, 0.6) is 0 Å². The van der Waals surface area contributed by atoms with E-state index in [0.29, 0.717) is 6.54 Å². The second-order valence-corrected chi connectivity index (χ2v) is 7.39. The summed E-state index contributed by atoms with van der Waals surface area (Å²) in [6.45, 7) is 0.359. The lowest BCUT2D eigenvalue weighted by Gasteiger charge is -2.15. The molecule has 0 N–H and O–H groups in total. The predicted molar refractivity (Wildman–Crippen MR) is 90.1 cm³/mol. The standard InChI is InChI=1S/C18H15ClFN3O3/c19-11-8-22(7-9-1-3-10(20)4-2-9)21-16(11)23-17(24)14-12-5-6-13(26-12)15(14)18(23)25/h1-4,8,12-15H,5-7H2/t12-,13-,14-,15-/m1/s1. The summed E-state index contributed by atoms with van der Waals surface area (Å²) in [6, 6.07) is 6.03. The van der Waals surface area contributed by atoms with Gasteiger partial charge in [-0.1, -0.05) is 23.7 Å². The normalized spacial score (nSPS) is 29.7. The first-order valence-electron chi connectivity index (χ1n) is 8.53. The highest BCUT2D eigenvalue weighted by molar-refractivity contribution is 6.35. The molecule has 4 atom stereocenters. The molecule has 0 radical (unpaired) electrons. The van der Waals surface area contributed by atoms with Crippen molar-refractivity contribution in [1.82, 2.24) is 9.78 Å². The Morgan fingerprint density at radius 2 is 1.73 bits per heavy atom. The average molecular weight is 376 g/mol. The largest absolute Gasteiger partial charge is 0.373 e. The van der Waals surface area contributed by atoms with Gasteiger partial charge >= 0.3 is 0 Å². The Kier molecular flexibility index (Phi) is 3.45. The van der Waals surface area contributed by atoms with E-state index < -0.39 is 11.8 Å². The molecule has 134 valence electrons. The summed E-state index contributed by atoms with van der Waals surface area (Å²) >= 11 is 6.27. The van der Waals surface area contributed by atoms with Gasteiger partial charge in [0.25, 0.3) is 0 Å². The zero-order valence-corrected chi connectivity index (χ0v) is 14.4. The first-order valence-corrected chi connectivity index (χ1v) is 8.91. The SMILES string of the molecule is O=C1[C@H]2[C@H](C(=O)N1c1nn(Cc3ccc(F)cc3)cc1Cl)[C@H]1CC[C@H]2O1. The number of fused-ring (bicyclic) bond motifs is 5. The van der Waals surface area contributed by atoms with Crippen LogP contribution in [0.25, 0.3) is 0 Å². The van der Waals surface area contributed by atoms with Gasteiger partial charge in [-0.2, -0.15) is 5.10 Å². The Hall–Kier alpha value is -2.25. The molecule has 26 heavy (non-hydrogen) atoms. The Labute approximate surface area is 153 Å². The van der Waals surface area contributed by atoms with Crippen LogP contribution in [-0.2, 0) is 20.9 Å². The van der Waals surface area contributed by atoms with Gasteiger partial charge in [-0.3, -0.25) is 14.3 Å². The van der Waals surface area contributed by atoms with E-state index >= 15 is 0 Å². The number of benzene rings is 1. The summed E-state index contributed by atoms with van der Waals surface area (Å²) in [5, 5.41) is 4.58. The van der Waals surface area contributed by atoms with Crippen molar-refractivity contribution in [3.05, 3.63) is 46.9 Å². The molecule has 3 saturated heterocycles. The van der Waals surface area contributed by atoms with Gasteiger partial charge in [0, 0.05) is 6.20 Å². The molecule has 4 heterocycles. The second kappa shape index (κ2) is 5.62. The van der Waals surface area contributed by atoms with Crippen molar-refractivity contribution < 1.29 is 18.7 Å². The number of carbonyl (C=O) groups excluding carboxylic acids is 2. The van der Waals surface area contributed by atoms with E-state index in [0.717, 1.165) is 23.3 Å². The molecule has 2 bridgehead atoms. The maximum absolute atomic E-state index is 13.0. The van der Waals surface area contributed by atoms with Crippen LogP contribution in [0, 0.1) is 17.7 Å². The van der Waals surface area contributed by atoms with Crippen molar-refractivity contribution >= 4 is 29.2 Å². The number of hydrogen-bond donors (Lipinski definition) is 0. The fourth-order valence-corrected chi connectivity index (χ4v) is 4.55. The molecule has 3 aliphatic heterocycles. The van der Waals surface area contributed by atoms with Crippen molar-refractivity contribution in [3.8, 4) is 0 Å². The fourth-order valence-electron chi connectivity index (χ4n) is 4.32. The molecule has 0 unspecified atom stereocenters. The van der Waals surface area contributed by atoms with Crippen molar-refractivity contribution in [2.45, 2.75) is 31.6 Å². The van der Waals surface area contributed by atoms with E-state index in [1.54, 1.807) is 23.0 Å². The minimum atomic E-state index is -0.417. The number of aromatic nitrogens is 2. The van der Waals surface area contributed by atoms with Crippen LogP contribution in [0.2, 0.25) is 5.02 Å². The number of ether oxygens (including phenoxy) is 1. The zero-order chi connectivity index (χ0) is 18.0. The Morgan fingerprint density at radius 1 is 1.12 bits per heavy atom. The number of halogens is 2. The number of hydrogen-bond acceptors (Lipinski definition) is 4. The molecule has 2 amide bonds. The highest BCUT2D eigenvalue weighted by Crippen LogP contribution is 2.49. The molecular weight excluding hydrogens is 361 g/mol. The molecule has 0 aliphatic carbocycles. The highest BCUT2D eigenvalue weighted by atomic mass is 35.5. The number of nitrogens with zero attached hydrogens (tertiary/aromatic N) is 3. The van der Waals surface area contributed by atoms with E-state index in [4.69, 9.17) is 16.3 Å². The van der Waals surface area contributed by atoms with Gasteiger partial charge in [-0.05, 0) is 30.5 Å². The monoisotopic (exact) mass is 375 g/mol. The maximum Gasteiger partial charge on any atom is 0.241 e. The minimum Gasteiger partial charge on any atom is -0.373 e. The topological polar surface area (TPSA) is 64.4 Å². The van der Waals surface area contributed by atoms with Crippen LogP contribution in [-0.4, -0.2) is 33.8 Å². The first kappa shape index (κ1) is 16.0. The summed E-state index contributed by atoms with van der Waals surface area (Å²) in [7, 11) is 0. The minimum absolute atomic E-state index is 0.164. The zero-order valence-electron chi connectivity index (χ0n) is 13.6. The Morgan fingerprint density at radius 3 is 2.35 bits per heavy atom. The van der Waals surface area contributed by atoms with E-state index in [-0.39, 0.29) is 40.7 Å². The smallest absolute Gasteiger partial charge is 0.241 e. The van der Waals surface area contributed by atoms with Gasteiger partial charge in [0.15, 0.2) is 5.82 Å². The maximum atomic E-state index is 13.0. The molecular formula is C18H15ClFN3O3. The highest BCUT2D eigenvalue weighted by Gasteiger charge is 2.63. The average Bonchev–Trinajstić information content (AvgIpc) is 3.35. The summed E-state index contributed by atoms with van der Waals surface area (Å²) in [6.07, 6.45) is 2.84. The summed E-state index contributed by atoms with van der Waals surface area (Å²) in [5.74, 6) is -1.54. The number of imide groups is 1. The van der Waals surface area contributed by atoms with Crippen LogP contribution in [0.15, 0.2) is 30.5 Å². The number of rotatable bonds is 3. The van der Waals surface area contributed by atoms with Crippen LogP contribution in [0.3, 0.4) is 0 Å². The van der Waals surface area contributed by atoms with E-state index in [1.165, 1.54) is 12.1 Å². The molecule has 1 aromatic heterocycles. The van der Waals surface area contributed by atoms with Gasteiger partial charge in [-0.15, -0.1) is 0 Å². The molecule has 0 saturated carbocycles. The Bertz CT molecular complexity index is 885. The molecule has 3 aliphatic rings. The van der Waals surface area contributed by atoms with Crippen molar-refractivity contribution in [1.29, 1.82) is 0 Å². The summed E-state index contributed by atoms with van der Waals surface area (Å²) in [4.78, 5) is 26.8.